The molecule has 2 amide bonds. The van der Waals surface area contributed by atoms with E-state index in [2.05, 4.69) is 5.32 Å². The highest BCUT2D eigenvalue weighted by Gasteiger charge is 2.35. The minimum absolute atomic E-state index is 0.101. The summed E-state index contributed by atoms with van der Waals surface area (Å²) in [5.41, 5.74) is 3.01. The summed E-state index contributed by atoms with van der Waals surface area (Å²) in [4.78, 5) is 29.5. The summed E-state index contributed by atoms with van der Waals surface area (Å²) in [6.07, 6.45) is 5.61. The molecule has 3 aromatic carbocycles. The van der Waals surface area contributed by atoms with Gasteiger partial charge >= 0.3 is 0 Å². The zero-order chi connectivity index (χ0) is 29.4. The van der Waals surface area contributed by atoms with Gasteiger partial charge in [0.05, 0.1) is 10.6 Å². The Balaban J connectivity index is 1.71. The molecule has 1 saturated carbocycles. The maximum atomic E-state index is 14.2. The summed E-state index contributed by atoms with van der Waals surface area (Å²) in [5, 5.41) is 3.18. The maximum absolute atomic E-state index is 14.2. The van der Waals surface area contributed by atoms with Gasteiger partial charge in [0.1, 0.15) is 12.6 Å². The average Bonchev–Trinajstić information content (AvgIpc) is 2.98. The molecular weight excluding hydrogens is 534 g/mol. The number of hydrogen-bond acceptors (Lipinski definition) is 4. The van der Waals surface area contributed by atoms with Crippen LogP contribution in [-0.4, -0.2) is 43.8 Å². The number of nitrogens with one attached hydrogen (secondary N) is 1. The Morgan fingerprint density at radius 3 is 2.15 bits per heavy atom. The minimum Gasteiger partial charge on any atom is -0.352 e. The lowest BCUT2D eigenvalue weighted by molar-refractivity contribution is -0.140. The predicted octanol–water partition coefficient (Wildman–Crippen LogP) is 5.76. The number of aryl methyl sites for hydroxylation is 1. The van der Waals surface area contributed by atoms with Crippen molar-refractivity contribution in [2.24, 2.45) is 0 Å². The van der Waals surface area contributed by atoms with Gasteiger partial charge in [0.2, 0.25) is 11.8 Å². The van der Waals surface area contributed by atoms with Gasteiger partial charge in [0.25, 0.3) is 10.0 Å². The molecule has 3 aromatic rings. The molecule has 0 aromatic heterocycles. The van der Waals surface area contributed by atoms with Crippen LogP contribution in [0.5, 0.6) is 0 Å². The molecule has 0 unspecified atom stereocenters. The van der Waals surface area contributed by atoms with E-state index in [0.29, 0.717) is 12.1 Å². The quantitative estimate of drug-likeness (QED) is 0.315. The Kier molecular flexibility index (Phi) is 10.2. The number of anilines is 1. The van der Waals surface area contributed by atoms with Crippen LogP contribution in [0.25, 0.3) is 0 Å². The van der Waals surface area contributed by atoms with Crippen molar-refractivity contribution < 1.29 is 18.0 Å². The van der Waals surface area contributed by atoms with Crippen molar-refractivity contribution in [1.29, 1.82) is 0 Å². The molecule has 1 N–H and O–H groups in total. The minimum atomic E-state index is -4.08. The number of carbonyl (C=O) groups excluding carboxylic acids is 2. The van der Waals surface area contributed by atoms with E-state index in [1.807, 2.05) is 57.2 Å². The van der Waals surface area contributed by atoms with E-state index in [9.17, 15) is 18.0 Å². The first kappa shape index (κ1) is 30.3. The molecule has 1 aliphatic rings. The van der Waals surface area contributed by atoms with Gasteiger partial charge in [-0.25, -0.2) is 8.42 Å². The highest BCUT2D eigenvalue weighted by molar-refractivity contribution is 7.92. The molecule has 0 radical (unpaired) electrons. The molecule has 0 saturated heterocycles. The highest BCUT2D eigenvalue weighted by atomic mass is 32.2. The Hall–Kier alpha value is -3.65. The van der Waals surface area contributed by atoms with Gasteiger partial charge in [-0.05, 0) is 68.0 Å². The van der Waals surface area contributed by atoms with Crippen LogP contribution >= 0.6 is 0 Å². The van der Waals surface area contributed by atoms with Gasteiger partial charge in [-0.1, -0.05) is 86.8 Å². The molecule has 218 valence electrons. The van der Waals surface area contributed by atoms with E-state index in [0.717, 1.165) is 42.4 Å². The number of nitrogens with zero attached hydrogens (tertiary/aromatic N) is 2. The van der Waals surface area contributed by atoms with Crippen molar-refractivity contribution >= 4 is 27.5 Å². The fourth-order valence-electron chi connectivity index (χ4n) is 5.48. The van der Waals surface area contributed by atoms with Crippen molar-refractivity contribution in [2.45, 2.75) is 82.8 Å². The molecule has 1 aliphatic carbocycles. The van der Waals surface area contributed by atoms with Gasteiger partial charge in [0.15, 0.2) is 0 Å². The van der Waals surface area contributed by atoms with E-state index < -0.39 is 28.5 Å². The van der Waals surface area contributed by atoms with Crippen LogP contribution in [0.4, 0.5) is 5.69 Å². The Morgan fingerprint density at radius 1 is 0.878 bits per heavy atom. The van der Waals surface area contributed by atoms with Gasteiger partial charge in [-0.15, -0.1) is 0 Å². The average molecular weight is 576 g/mol. The standard InChI is InChI=1S/C33H41N3O4S/c1-4-30(33(38)34-28-18-10-6-11-19-28)35(23-27-16-8-5-9-17-27)32(37)24-36(31-22-14-15-25(2)26(31)3)41(39,40)29-20-12-7-13-21-29/h5,7-9,12-17,20-22,28,30H,4,6,10-11,18-19,23-24H2,1-3H3,(H,34,38)/t30-/m1/s1. The van der Waals surface area contributed by atoms with Crippen LogP contribution < -0.4 is 9.62 Å². The Morgan fingerprint density at radius 2 is 1.51 bits per heavy atom. The summed E-state index contributed by atoms with van der Waals surface area (Å²) in [6, 6.07) is 22.5. The van der Waals surface area contributed by atoms with E-state index in [-0.39, 0.29) is 23.4 Å². The third kappa shape index (κ3) is 7.36. The number of rotatable bonds is 11. The second-order valence-electron chi connectivity index (χ2n) is 10.8. The Bertz CT molecular complexity index is 1420. The fraction of sp³-hybridized carbons (Fsp3) is 0.394. The molecule has 0 aliphatic heterocycles. The molecule has 7 nitrogen and oxygen atoms in total. The van der Waals surface area contributed by atoms with Crippen LogP contribution in [0, 0.1) is 13.8 Å². The van der Waals surface area contributed by atoms with E-state index >= 15 is 0 Å². The summed E-state index contributed by atoms with van der Waals surface area (Å²) in [7, 11) is -4.08. The number of carbonyl (C=O) groups is 2. The number of benzene rings is 3. The normalized spacial score (nSPS) is 14.7. The molecule has 1 fully saturated rings. The lowest BCUT2D eigenvalue weighted by Crippen LogP contribution is -2.54. The van der Waals surface area contributed by atoms with Crippen LogP contribution in [0.15, 0.2) is 83.8 Å². The number of sulfonamides is 1. The van der Waals surface area contributed by atoms with Crippen LogP contribution in [0.2, 0.25) is 0 Å². The monoisotopic (exact) mass is 575 g/mol. The Labute approximate surface area is 244 Å². The van der Waals surface area contributed by atoms with Crippen LogP contribution in [0.3, 0.4) is 0 Å². The molecule has 1 atom stereocenters. The number of amides is 2. The smallest absolute Gasteiger partial charge is 0.264 e. The lowest BCUT2D eigenvalue weighted by atomic mass is 9.95. The molecular formula is C33H41N3O4S. The summed E-state index contributed by atoms with van der Waals surface area (Å²) in [6.45, 7) is 5.43. The highest BCUT2D eigenvalue weighted by Crippen LogP contribution is 2.29. The first-order chi connectivity index (χ1) is 19.7. The first-order valence-corrected chi connectivity index (χ1v) is 15.9. The lowest BCUT2D eigenvalue weighted by Gasteiger charge is -2.35. The summed E-state index contributed by atoms with van der Waals surface area (Å²) < 4.78 is 29.2. The van der Waals surface area contributed by atoms with E-state index in [4.69, 9.17) is 0 Å². The van der Waals surface area contributed by atoms with E-state index in [1.54, 1.807) is 35.2 Å². The summed E-state index contributed by atoms with van der Waals surface area (Å²) in [5.74, 6) is -0.618. The molecule has 0 bridgehead atoms. The van der Waals surface area contributed by atoms with Crippen molar-refractivity contribution in [1.82, 2.24) is 10.2 Å². The predicted molar refractivity (Wildman–Crippen MR) is 163 cm³/mol. The van der Waals surface area contributed by atoms with E-state index in [1.165, 1.54) is 22.9 Å². The summed E-state index contributed by atoms with van der Waals surface area (Å²) >= 11 is 0. The van der Waals surface area contributed by atoms with Crippen molar-refractivity contribution in [2.75, 3.05) is 10.8 Å². The molecule has 0 spiro atoms. The molecule has 41 heavy (non-hydrogen) atoms. The fourth-order valence-corrected chi connectivity index (χ4v) is 6.98. The topological polar surface area (TPSA) is 86.8 Å². The van der Waals surface area contributed by atoms with Crippen molar-refractivity contribution in [3.05, 3.63) is 95.6 Å². The van der Waals surface area contributed by atoms with Crippen molar-refractivity contribution in [3.8, 4) is 0 Å². The third-order valence-electron chi connectivity index (χ3n) is 7.99. The zero-order valence-corrected chi connectivity index (χ0v) is 25.1. The van der Waals surface area contributed by atoms with Crippen LogP contribution in [0.1, 0.15) is 62.1 Å². The first-order valence-electron chi connectivity index (χ1n) is 14.5. The van der Waals surface area contributed by atoms with Gasteiger partial charge in [-0.2, -0.15) is 0 Å². The second kappa shape index (κ2) is 13.8. The third-order valence-corrected chi connectivity index (χ3v) is 9.76. The largest absolute Gasteiger partial charge is 0.352 e. The molecule has 0 heterocycles. The molecule has 4 rings (SSSR count). The van der Waals surface area contributed by atoms with Crippen LogP contribution in [-0.2, 0) is 26.2 Å². The van der Waals surface area contributed by atoms with Gasteiger partial charge < -0.3 is 10.2 Å². The SMILES string of the molecule is CC[C@H](C(=O)NC1CCCCC1)N(Cc1ccccc1)C(=O)CN(c1cccc(C)c1C)S(=O)(=O)c1ccccc1. The van der Waals surface area contributed by atoms with Gasteiger partial charge in [-0.3, -0.25) is 13.9 Å². The maximum Gasteiger partial charge on any atom is 0.264 e. The zero-order valence-electron chi connectivity index (χ0n) is 24.3. The second-order valence-corrected chi connectivity index (χ2v) is 12.7. The molecule has 8 heteroatoms. The number of hydrogen-bond donors (Lipinski definition) is 1. The van der Waals surface area contributed by atoms with Crippen molar-refractivity contribution in [3.63, 3.8) is 0 Å². The van der Waals surface area contributed by atoms with Gasteiger partial charge in [0, 0.05) is 12.6 Å².